The van der Waals surface area contributed by atoms with Crippen LogP contribution in [0.4, 0.5) is 0 Å². The Kier molecular flexibility index (Phi) is 5.60. The fourth-order valence-corrected chi connectivity index (χ4v) is 4.88. The highest BCUT2D eigenvalue weighted by Crippen LogP contribution is 2.37. The summed E-state index contributed by atoms with van der Waals surface area (Å²) in [5.74, 6) is 1.85. The van der Waals surface area contributed by atoms with Crippen molar-refractivity contribution < 1.29 is 14.3 Å². The molecule has 0 aliphatic carbocycles. The van der Waals surface area contributed by atoms with Crippen LogP contribution in [0.3, 0.4) is 0 Å². The van der Waals surface area contributed by atoms with Crippen molar-refractivity contribution in [3.8, 4) is 5.75 Å². The molecule has 142 valence electrons. The summed E-state index contributed by atoms with van der Waals surface area (Å²) in [4.78, 5) is 14.2. The van der Waals surface area contributed by atoms with Crippen LogP contribution in [-0.2, 0) is 16.0 Å². The van der Waals surface area contributed by atoms with E-state index < -0.39 is 0 Å². The quantitative estimate of drug-likeness (QED) is 0.778. The van der Waals surface area contributed by atoms with Crippen LogP contribution in [0.5, 0.6) is 5.75 Å². The first-order chi connectivity index (χ1) is 12.7. The lowest BCUT2D eigenvalue weighted by atomic mass is 9.92. The average molecular weight is 357 g/mol. The molecule has 0 N–H and O–H groups in total. The first-order valence-electron chi connectivity index (χ1n) is 10.3. The van der Waals surface area contributed by atoms with E-state index in [-0.39, 0.29) is 5.78 Å². The summed E-state index contributed by atoms with van der Waals surface area (Å²) < 4.78 is 11.6. The van der Waals surface area contributed by atoms with Crippen molar-refractivity contribution in [3.05, 3.63) is 29.3 Å². The molecular weight excluding hydrogens is 326 g/mol. The minimum atomic E-state index is 0.270. The number of hydrogen-bond acceptors (Lipinski definition) is 4. The van der Waals surface area contributed by atoms with E-state index >= 15 is 0 Å². The maximum atomic E-state index is 11.8. The van der Waals surface area contributed by atoms with E-state index in [0.717, 1.165) is 51.2 Å². The minimum Gasteiger partial charge on any atom is -0.493 e. The molecule has 0 radical (unpaired) electrons. The summed E-state index contributed by atoms with van der Waals surface area (Å²) >= 11 is 0. The number of ether oxygens (including phenoxy) is 2. The van der Waals surface area contributed by atoms with Crippen molar-refractivity contribution in [1.29, 1.82) is 0 Å². The van der Waals surface area contributed by atoms with Crippen LogP contribution in [0.25, 0.3) is 0 Å². The third kappa shape index (κ3) is 4.12. The van der Waals surface area contributed by atoms with Crippen LogP contribution in [0, 0.1) is 0 Å². The van der Waals surface area contributed by atoms with Crippen LogP contribution in [0.2, 0.25) is 0 Å². The highest BCUT2D eigenvalue weighted by atomic mass is 16.5. The summed E-state index contributed by atoms with van der Waals surface area (Å²) in [6.07, 6.45) is 8.58. The number of rotatable bonds is 6. The number of carbonyl (C=O) groups is 1. The van der Waals surface area contributed by atoms with Gasteiger partial charge in [0.25, 0.3) is 0 Å². The average Bonchev–Trinajstić information content (AvgIpc) is 3.26. The number of benzene rings is 1. The number of fused-ring (bicyclic) bond motifs is 1. The van der Waals surface area contributed by atoms with Crippen LogP contribution < -0.4 is 4.74 Å². The van der Waals surface area contributed by atoms with Gasteiger partial charge in [-0.3, -0.25) is 9.69 Å². The summed E-state index contributed by atoms with van der Waals surface area (Å²) in [7, 11) is 0. The topological polar surface area (TPSA) is 38.8 Å². The molecule has 3 atom stereocenters. The van der Waals surface area contributed by atoms with Crippen molar-refractivity contribution in [2.24, 2.45) is 0 Å². The Morgan fingerprint density at radius 1 is 1.23 bits per heavy atom. The molecule has 0 aromatic heterocycles. The normalized spacial score (nSPS) is 28.7. The van der Waals surface area contributed by atoms with Gasteiger partial charge in [0.15, 0.2) is 0 Å². The van der Waals surface area contributed by atoms with E-state index in [1.165, 1.54) is 30.4 Å². The van der Waals surface area contributed by atoms with Gasteiger partial charge < -0.3 is 9.47 Å². The number of Topliss-reactive ketones (excluding diaryl/α,β-unsaturated/α-hetero) is 1. The molecule has 0 amide bonds. The molecule has 0 saturated carbocycles. The van der Waals surface area contributed by atoms with Crippen LogP contribution in [0.1, 0.15) is 62.5 Å². The standard InChI is InChI=1S/C22H31NO3/c1-16(24)14-23-15-19(17-5-8-22-18(12-17)9-11-26-22)13-20(23)6-7-21-4-2-3-10-25-21/h5,8,12,19-21H,2-4,6-7,9-11,13-15H2,1H3. The van der Waals surface area contributed by atoms with Crippen LogP contribution in [0.15, 0.2) is 18.2 Å². The van der Waals surface area contributed by atoms with Crippen molar-refractivity contribution in [3.63, 3.8) is 0 Å². The van der Waals surface area contributed by atoms with Gasteiger partial charge in [-0.15, -0.1) is 0 Å². The summed E-state index contributed by atoms with van der Waals surface area (Å²) in [6, 6.07) is 7.20. The van der Waals surface area contributed by atoms with Crippen LogP contribution >= 0.6 is 0 Å². The highest BCUT2D eigenvalue weighted by Gasteiger charge is 2.34. The Morgan fingerprint density at radius 3 is 2.96 bits per heavy atom. The zero-order valence-corrected chi connectivity index (χ0v) is 15.9. The van der Waals surface area contributed by atoms with Gasteiger partial charge in [-0.2, -0.15) is 0 Å². The fraction of sp³-hybridized carbons (Fsp3) is 0.682. The second-order valence-corrected chi connectivity index (χ2v) is 8.25. The predicted molar refractivity (Wildman–Crippen MR) is 102 cm³/mol. The summed E-state index contributed by atoms with van der Waals surface area (Å²) in [5.41, 5.74) is 2.76. The third-order valence-corrected chi connectivity index (χ3v) is 6.23. The van der Waals surface area contributed by atoms with E-state index in [9.17, 15) is 4.79 Å². The number of ketones is 1. The molecular formula is C22H31NO3. The van der Waals surface area contributed by atoms with Crippen LogP contribution in [-0.4, -0.2) is 49.1 Å². The maximum Gasteiger partial charge on any atom is 0.143 e. The lowest BCUT2D eigenvalue weighted by molar-refractivity contribution is -0.118. The van der Waals surface area contributed by atoms with E-state index in [1.54, 1.807) is 6.92 Å². The monoisotopic (exact) mass is 357 g/mol. The Morgan fingerprint density at radius 2 is 2.15 bits per heavy atom. The lowest BCUT2D eigenvalue weighted by Crippen LogP contribution is -2.34. The van der Waals surface area contributed by atoms with Gasteiger partial charge in [0.2, 0.25) is 0 Å². The molecule has 2 saturated heterocycles. The van der Waals surface area contributed by atoms with Crippen molar-refractivity contribution in [1.82, 2.24) is 4.90 Å². The molecule has 4 nitrogen and oxygen atoms in total. The Bertz CT molecular complexity index is 638. The van der Waals surface area contributed by atoms with Gasteiger partial charge in [-0.05, 0) is 68.6 Å². The van der Waals surface area contributed by atoms with Gasteiger partial charge in [0.1, 0.15) is 11.5 Å². The second-order valence-electron chi connectivity index (χ2n) is 8.25. The Labute approximate surface area is 156 Å². The SMILES string of the molecule is CC(=O)CN1CC(c2ccc3c(c2)CCO3)CC1CCC1CCCCO1. The second kappa shape index (κ2) is 8.10. The molecule has 3 heterocycles. The third-order valence-electron chi connectivity index (χ3n) is 6.23. The number of carbonyl (C=O) groups excluding carboxylic acids is 1. The Balaban J connectivity index is 1.41. The molecule has 3 unspecified atom stereocenters. The molecule has 0 bridgehead atoms. The molecule has 2 fully saturated rings. The zero-order valence-electron chi connectivity index (χ0n) is 15.9. The van der Waals surface area contributed by atoms with Crippen molar-refractivity contribution >= 4 is 5.78 Å². The summed E-state index contributed by atoms with van der Waals surface area (Å²) in [6.45, 7) is 5.02. The van der Waals surface area contributed by atoms with Crippen molar-refractivity contribution in [2.45, 2.75) is 69.9 Å². The van der Waals surface area contributed by atoms with Gasteiger partial charge in [0, 0.05) is 25.6 Å². The van der Waals surface area contributed by atoms with Gasteiger partial charge in [-0.1, -0.05) is 12.1 Å². The van der Waals surface area contributed by atoms with E-state index in [4.69, 9.17) is 9.47 Å². The predicted octanol–water partition coefficient (Wildman–Crippen LogP) is 3.72. The molecule has 0 spiro atoms. The zero-order chi connectivity index (χ0) is 17.9. The number of hydrogen-bond donors (Lipinski definition) is 0. The highest BCUT2D eigenvalue weighted by molar-refractivity contribution is 5.77. The minimum absolute atomic E-state index is 0.270. The summed E-state index contributed by atoms with van der Waals surface area (Å²) in [5, 5.41) is 0. The lowest BCUT2D eigenvalue weighted by Gasteiger charge is -2.27. The smallest absolute Gasteiger partial charge is 0.143 e. The molecule has 1 aromatic rings. The molecule has 3 aliphatic rings. The number of likely N-dealkylation sites (tertiary alicyclic amines) is 1. The van der Waals surface area contributed by atoms with E-state index in [0.29, 0.717) is 24.6 Å². The van der Waals surface area contributed by atoms with Gasteiger partial charge in [0.05, 0.1) is 19.3 Å². The van der Waals surface area contributed by atoms with E-state index in [2.05, 4.69) is 23.1 Å². The largest absolute Gasteiger partial charge is 0.493 e. The molecule has 4 heteroatoms. The maximum absolute atomic E-state index is 11.8. The van der Waals surface area contributed by atoms with Crippen molar-refractivity contribution in [2.75, 3.05) is 26.3 Å². The molecule has 3 aliphatic heterocycles. The van der Waals surface area contributed by atoms with E-state index in [1.807, 2.05) is 0 Å². The first-order valence-corrected chi connectivity index (χ1v) is 10.3. The van der Waals surface area contributed by atoms with Gasteiger partial charge >= 0.3 is 0 Å². The molecule has 4 rings (SSSR count). The fourth-order valence-electron chi connectivity index (χ4n) is 4.88. The first kappa shape index (κ1) is 18.0. The van der Waals surface area contributed by atoms with Gasteiger partial charge in [-0.25, -0.2) is 0 Å². The molecule has 26 heavy (non-hydrogen) atoms. The molecule has 1 aromatic carbocycles. The Hall–Kier alpha value is -1.39. The number of nitrogens with zero attached hydrogens (tertiary/aromatic N) is 1.